The van der Waals surface area contributed by atoms with E-state index in [-0.39, 0.29) is 18.0 Å². The number of pyridine rings is 1. The molecule has 2 aliphatic rings. The molecule has 0 aliphatic carbocycles. The number of amides is 1. The van der Waals surface area contributed by atoms with E-state index in [2.05, 4.69) is 10.3 Å². The second-order valence-corrected chi connectivity index (χ2v) is 6.75. The first kappa shape index (κ1) is 18.5. The van der Waals surface area contributed by atoms with Gasteiger partial charge in [-0.1, -0.05) is 6.07 Å². The van der Waals surface area contributed by atoms with Crippen molar-refractivity contribution in [1.82, 2.24) is 20.1 Å². The molecule has 1 N–H and O–H groups in total. The number of carbonyl (C=O) groups is 1. The highest BCUT2D eigenvalue weighted by Gasteiger charge is 2.35. The summed E-state index contributed by atoms with van der Waals surface area (Å²) < 4.78 is 34.0. The Morgan fingerprint density at radius 1 is 1.18 bits per heavy atom. The van der Waals surface area contributed by atoms with E-state index in [9.17, 15) is 13.6 Å². The highest BCUT2D eigenvalue weighted by molar-refractivity contribution is 5.96. The summed E-state index contributed by atoms with van der Waals surface area (Å²) in [7, 11) is 1.69. The van der Waals surface area contributed by atoms with E-state index in [1.807, 2.05) is 17.0 Å². The van der Waals surface area contributed by atoms with Crippen LogP contribution < -0.4 is 5.32 Å². The van der Waals surface area contributed by atoms with Crippen LogP contribution in [-0.2, 0) is 9.53 Å². The quantitative estimate of drug-likeness (QED) is 0.876. The van der Waals surface area contributed by atoms with Gasteiger partial charge >= 0.3 is 0 Å². The van der Waals surface area contributed by atoms with Crippen molar-refractivity contribution in [3.05, 3.63) is 71.6 Å². The minimum Gasteiger partial charge on any atom is -0.371 e. The number of ether oxygens (including phenoxy) is 1. The SMILES string of the molecule is CN1C(=O)C=C(c2ccncc2)N[C@@H]1N1CCOC(c2c(F)cccc2F)C1. The van der Waals surface area contributed by atoms with Crippen molar-refractivity contribution in [2.24, 2.45) is 0 Å². The van der Waals surface area contributed by atoms with Gasteiger partial charge in [-0.15, -0.1) is 0 Å². The number of aromatic nitrogens is 1. The molecular formula is C20H20F2N4O2. The molecule has 1 aromatic carbocycles. The maximum Gasteiger partial charge on any atom is 0.251 e. The highest BCUT2D eigenvalue weighted by atomic mass is 19.1. The van der Waals surface area contributed by atoms with Gasteiger partial charge in [0.15, 0.2) is 6.29 Å². The summed E-state index contributed by atoms with van der Waals surface area (Å²) in [5.41, 5.74) is 1.43. The zero-order chi connectivity index (χ0) is 19.7. The number of rotatable bonds is 3. The summed E-state index contributed by atoms with van der Waals surface area (Å²) in [6.45, 7) is 1.06. The van der Waals surface area contributed by atoms with Crippen molar-refractivity contribution >= 4 is 11.6 Å². The van der Waals surface area contributed by atoms with E-state index in [4.69, 9.17) is 4.74 Å². The molecule has 2 aliphatic heterocycles. The molecule has 28 heavy (non-hydrogen) atoms. The fourth-order valence-corrected chi connectivity index (χ4v) is 3.54. The third-order valence-corrected chi connectivity index (χ3v) is 5.02. The largest absolute Gasteiger partial charge is 0.371 e. The molecule has 2 atom stereocenters. The summed E-state index contributed by atoms with van der Waals surface area (Å²) in [6.07, 6.45) is 3.63. The lowest BCUT2D eigenvalue weighted by Crippen LogP contribution is -2.61. The van der Waals surface area contributed by atoms with E-state index in [0.717, 1.165) is 5.56 Å². The standard InChI is InChI=1S/C20H20F2N4O2/c1-25-18(27)11-16(13-5-7-23-8-6-13)24-20(25)26-9-10-28-17(12-26)19-14(21)3-2-4-15(19)22/h2-8,11,17,20,24H,9-10,12H2,1H3/t17?,20-/m0/s1. The number of carbonyl (C=O) groups excluding carboxylic acids is 1. The van der Waals surface area contributed by atoms with Crippen molar-refractivity contribution in [3.63, 3.8) is 0 Å². The van der Waals surface area contributed by atoms with E-state index in [1.54, 1.807) is 24.3 Å². The van der Waals surface area contributed by atoms with E-state index in [1.165, 1.54) is 24.3 Å². The van der Waals surface area contributed by atoms with Gasteiger partial charge in [-0.25, -0.2) is 8.78 Å². The van der Waals surface area contributed by atoms with Gasteiger partial charge in [-0.3, -0.25) is 14.7 Å². The summed E-state index contributed by atoms with van der Waals surface area (Å²) in [4.78, 5) is 20.0. The second kappa shape index (κ2) is 7.65. The Bertz CT molecular complexity index is 886. The number of benzene rings is 1. The van der Waals surface area contributed by atoms with Gasteiger partial charge < -0.3 is 15.0 Å². The van der Waals surface area contributed by atoms with Crippen LogP contribution in [0, 0.1) is 11.6 Å². The number of nitrogens with zero attached hydrogens (tertiary/aromatic N) is 3. The lowest BCUT2D eigenvalue weighted by Gasteiger charge is -2.44. The van der Waals surface area contributed by atoms with Crippen LogP contribution in [-0.4, -0.2) is 53.7 Å². The average Bonchev–Trinajstić information content (AvgIpc) is 2.71. The topological polar surface area (TPSA) is 57.7 Å². The monoisotopic (exact) mass is 386 g/mol. The van der Waals surface area contributed by atoms with Crippen molar-refractivity contribution < 1.29 is 18.3 Å². The normalized spacial score (nSPS) is 23.3. The Kier molecular flexibility index (Phi) is 5.06. The molecule has 0 bridgehead atoms. The van der Waals surface area contributed by atoms with Gasteiger partial charge in [0.2, 0.25) is 0 Å². The minimum absolute atomic E-state index is 0.0816. The molecule has 0 saturated carbocycles. The predicted molar refractivity (Wildman–Crippen MR) is 98.5 cm³/mol. The summed E-state index contributed by atoms with van der Waals surface area (Å²) in [6, 6.07) is 7.39. The van der Waals surface area contributed by atoms with E-state index < -0.39 is 24.0 Å². The van der Waals surface area contributed by atoms with Crippen LogP contribution in [0.4, 0.5) is 8.78 Å². The zero-order valence-electron chi connectivity index (χ0n) is 15.3. The molecule has 146 valence electrons. The average molecular weight is 386 g/mol. The lowest BCUT2D eigenvalue weighted by molar-refractivity contribution is -0.137. The van der Waals surface area contributed by atoms with Crippen LogP contribution in [0.3, 0.4) is 0 Å². The first-order valence-electron chi connectivity index (χ1n) is 8.99. The van der Waals surface area contributed by atoms with E-state index >= 15 is 0 Å². The second-order valence-electron chi connectivity index (χ2n) is 6.75. The number of morpholine rings is 1. The van der Waals surface area contributed by atoms with Gasteiger partial charge in [0.05, 0.1) is 12.2 Å². The molecule has 4 rings (SSSR count). The Morgan fingerprint density at radius 3 is 2.61 bits per heavy atom. The summed E-state index contributed by atoms with van der Waals surface area (Å²) in [5.74, 6) is -1.42. The van der Waals surface area contributed by atoms with Crippen molar-refractivity contribution in [2.75, 3.05) is 26.7 Å². The number of nitrogens with one attached hydrogen (secondary N) is 1. The molecule has 8 heteroatoms. The Hall–Kier alpha value is -2.84. The van der Waals surface area contributed by atoms with Crippen LogP contribution in [0.15, 0.2) is 48.8 Å². The first-order valence-corrected chi connectivity index (χ1v) is 8.99. The number of halogens is 2. The maximum atomic E-state index is 14.2. The molecule has 6 nitrogen and oxygen atoms in total. The molecule has 1 saturated heterocycles. The molecule has 2 aromatic rings. The molecule has 3 heterocycles. The first-order chi connectivity index (χ1) is 13.5. The maximum absolute atomic E-state index is 14.2. The highest BCUT2D eigenvalue weighted by Crippen LogP contribution is 2.29. The fourth-order valence-electron chi connectivity index (χ4n) is 3.54. The van der Waals surface area contributed by atoms with Gasteiger partial charge in [0, 0.05) is 49.9 Å². The molecular weight excluding hydrogens is 366 g/mol. The molecule has 0 spiro atoms. The van der Waals surface area contributed by atoms with Crippen LogP contribution in [0.1, 0.15) is 17.2 Å². The molecule has 1 unspecified atom stereocenters. The Balaban J connectivity index is 1.58. The van der Waals surface area contributed by atoms with Crippen LogP contribution in [0.5, 0.6) is 0 Å². The van der Waals surface area contributed by atoms with Gasteiger partial charge in [0.25, 0.3) is 5.91 Å². The third-order valence-electron chi connectivity index (χ3n) is 5.02. The van der Waals surface area contributed by atoms with Crippen LogP contribution in [0.25, 0.3) is 5.70 Å². The van der Waals surface area contributed by atoms with Gasteiger partial charge in [0.1, 0.15) is 17.7 Å². The minimum atomic E-state index is -0.754. The Labute approximate surface area is 161 Å². The summed E-state index contributed by atoms with van der Waals surface area (Å²) in [5, 5.41) is 3.34. The Morgan fingerprint density at radius 2 is 1.89 bits per heavy atom. The number of hydrogen-bond acceptors (Lipinski definition) is 5. The third kappa shape index (κ3) is 3.48. The van der Waals surface area contributed by atoms with Crippen LogP contribution >= 0.6 is 0 Å². The number of likely N-dealkylation sites (N-methyl/N-ethyl adjacent to an activating group) is 1. The number of hydrogen-bond donors (Lipinski definition) is 1. The zero-order valence-corrected chi connectivity index (χ0v) is 15.3. The smallest absolute Gasteiger partial charge is 0.251 e. The van der Waals surface area contributed by atoms with Crippen molar-refractivity contribution in [2.45, 2.75) is 12.4 Å². The van der Waals surface area contributed by atoms with E-state index in [0.29, 0.717) is 18.8 Å². The molecule has 1 fully saturated rings. The van der Waals surface area contributed by atoms with Crippen LogP contribution in [0.2, 0.25) is 0 Å². The lowest BCUT2D eigenvalue weighted by atomic mass is 10.1. The fraction of sp³-hybridized carbons (Fsp3) is 0.300. The van der Waals surface area contributed by atoms with Crippen molar-refractivity contribution in [3.8, 4) is 0 Å². The van der Waals surface area contributed by atoms with Crippen molar-refractivity contribution in [1.29, 1.82) is 0 Å². The molecule has 1 amide bonds. The molecule has 1 aromatic heterocycles. The molecule has 0 radical (unpaired) electrons. The summed E-state index contributed by atoms with van der Waals surface area (Å²) >= 11 is 0. The van der Waals surface area contributed by atoms with Gasteiger partial charge in [-0.2, -0.15) is 0 Å². The van der Waals surface area contributed by atoms with Gasteiger partial charge in [-0.05, 0) is 24.3 Å². The predicted octanol–water partition coefficient (Wildman–Crippen LogP) is 2.12.